The summed E-state index contributed by atoms with van der Waals surface area (Å²) in [6.45, 7) is 5.80. The Labute approximate surface area is 50.6 Å². The Bertz CT molecular complexity index is 108. The molecule has 0 radical (unpaired) electrons. The number of nitrogens with zero attached hydrogens (tertiary/aromatic N) is 1. The van der Waals surface area contributed by atoms with E-state index in [1.165, 1.54) is 0 Å². The summed E-state index contributed by atoms with van der Waals surface area (Å²) in [4.78, 5) is 0. The molecule has 0 aliphatic rings. The van der Waals surface area contributed by atoms with Crippen LogP contribution in [-0.4, -0.2) is 0 Å². The molecule has 0 spiro atoms. The van der Waals surface area contributed by atoms with Gasteiger partial charge in [-0.1, -0.05) is 25.5 Å². The van der Waals surface area contributed by atoms with Crippen molar-refractivity contribution >= 4 is 0 Å². The molecule has 0 aromatic rings. The molecule has 0 aliphatic carbocycles. The Morgan fingerprint density at radius 3 is 2.75 bits per heavy atom. The average molecular weight is 109 g/mol. The third-order valence-electron chi connectivity index (χ3n) is 0.933. The predicted molar refractivity (Wildman–Crippen MR) is 34.3 cm³/mol. The van der Waals surface area contributed by atoms with E-state index in [1.807, 2.05) is 0 Å². The molecular weight excluding hydrogens is 98.1 g/mol. The van der Waals surface area contributed by atoms with Crippen LogP contribution >= 0.6 is 0 Å². The summed E-state index contributed by atoms with van der Waals surface area (Å²) in [6, 6.07) is 2.05. The van der Waals surface area contributed by atoms with Crippen LogP contribution in [0.3, 0.4) is 0 Å². The summed E-state index contributed by atoms with van der Waals surface area (Å²) in [5.74, 6) is 0. The second kappa shape index (κ2) is 4.39. The first-order valence-corrected chi connectivity index (χ1v) is 2.84. The molecule has 0 unspecified atom stereocenters. The Morgan fingerprint density at radius 2 is 2.38 bits per heavy atom. The fourth-order valence-corrected chi connectivity index (χ4v) is 0.554. The van der Waals surface area contributed by atoms with Gasteiger partial charge in [-0.15, -0.1) is 0 Å². The van der Waals surface area contributed by atoms with Crippen LogP contribution in [0.25, 0.3) is 0 Å². The fourth-order valence-electron chi connectivity index (χ4n) is 0.554. The van der Waals surface area contributed by atoms with Gasteiger partial charge < -0.3 is 0 Å². The van der Waals surface area contributed by atoms with Crippen molar-refractivity contribution in [2.75, 3.05) is 0 Å². The summed E-state index contributed by atoms with van der Waals surface area (Å²) in [5.41, 5.74) is 1.05. The van der Waals surface area contributed by atoms with Gasteiger partial charge in [0.2, 0.25) is 0 Å². The summed E-state index contributed by atoms with van der Waals surface area (Å²) >= 11 is 0. The van der Waals surface area contributed by atoms with Crippen molar-refractivity contribution in [3.8, 4) is 6.07 Å². The zero-order valence-electron chi connectivity index (χ0n) is 5.28. The molecule has 0 aromatic carbocycles. The normalized spacial score (nSPS) is 8.00. The Morgan fingerprint density at radius 1 is 1.75 bits per heavy atom. The zero-order valence-corrected chi connectivity index (χ0v) is 5.28. The smallest absolute Gasteiger partial charge is 0.0666 e. The predicted octanol–water partition coefficient (Wildman–Crippen LogP) is 2.26. The highest BCUT2D eigenvalue weighted by atomic mass is 14.2. The van der Waals surface area contributed by atoms with E-state index in [0.29, 0.717) is 6.42 Å². The molecule has 0 N–H and O–H groups in total. The first-order chi connectivity index (χ1) is 3.81. The lowest BCUT2D eigenvalue weighted by Crippen LogP contribution is -1.75. The van der Waals surface area contributed by atoms with Gasteiger partial charge in [0.15, 0.2) is 0 Å². The molecule has 0 amide bonds. The fraction of sp³-hybridized carbons (Fsp3) is 0.571. The molecule has 0 atom stereocenters. The molecule has 0 heterocycles. The summed E-state index contributed by atoms with van der Waals surface area (Å²) in [5, 5.41) is 8.15. The minimum absolute atomic E-state index is 0.522. The van der Waals surface area contributed by atoms with Gasteiger partial charge in [0.05, 0.1) is 12.5 Å². The summed E-state index contributed by atoms with van der Waals surface area (Å²) in [6.07, 6.45) is 2.61. The number of hydrogen-bond donors (Lipinski definition) is 0. The largest absolute Gasteiger partial charge is 0.198 e. The molecule has 1 nitrogen and oxygen atoms in total. The van der Waals surface area contributed by atoms with E-state index in [-0.39, 0.29) is 0 Å². The van der Waals surface area contributed by atoms with Gasteiger partial charge in [0.25, 0.3) is 0 Å². The van der Waals surface area contributed by atoms with E-state index >= 15 is 0 Å². The van der Waals surface area contributed by atoms with E-state index in [9.17, 15) is 0 Å². The molecule has 0 aliphatic heterocycles. The van der Waals surface area contributed by atoms with Gasteiger partial charge in [-0.2, -0.15) is 5.26 Å². The van der Waals surface area contributed by atoms with E-state index in [0.717, 1.165) is 18.4 Å². The lowest BCUT2D eigenvalue weighted by Gasteiger charge is -1.92. The molecule has 1 heteroatoms. The molecule has 0 bridgehead atoms. The van der Waals surface area contributed by atoms with Gasteiger partial charge in [0, 0.05) is 0 Å². The highest BCUT2D eigenvalue weighted by Gasteiger charge is 1.87. The van der Waals surface area contributed by atoms with Gasteiger partial charge >= 0.3 is 0 Å². The molecule has 0 fully saturated rings. The first kappa shape index (κ1) is 7.23. The van der Waals surface area contributed by atoms with Gasteiger partial charge in [0.1, 0.15) is 0 Å². The van der Waals surface area contributed by atoms with E-state index in [1.54, 1.807) is 0 Å². The number of hydrogen-bond acceptors (Lipinski definition) is 1. The number of allylic oxidation sites excluding steroid dienone is 1. The summed E-state index contributed by atoms with van der Waals surface area (Å²) in [7, 11) is 0. The molecule has 0 aromatic heterocycles. The standard InChI is InChI=1S/C7H11N/c1-3-4-7(2)5-6-8/h2-5H2,1H3. The molecule has 0 rings (SSSR count). The van der Waals surface area contributed by atoms with Crippen LogP contribution in [0, 0.1) is 11.3 Å². The highest BCUT2D eigenvalue weighted by Crippen LogP contribution is 2.03. The van der Waals surface area contributed by atoms with Crippen molar-refractivity contribution in [2.24, 2.45) is 0 Å². The van der Waals surface area contributed by atoms with E-state index < -0.39 is 0 Å². The Balaban J connectivity index is 3.23. The second-order valence-corrected chi connectivity index (χ2v) is 1.83. The van der Waals surface area contributed by atoms with Crippen molar-refractivity contribution < 1.29 is 0 Å². The second-order valence-electron chi connectivity index (χ2n) is 1.83. The third-order valence-corrected chi connectivity index (χ3v) is 0.933. The monoisotopic (exact) mass is 109 g/mol. The van der Waals surface area contributed by atoms with Crippen LogP contribution in [0.1, 0.15) is 26.2 Å². The van der Waals surface area contributed by atoms with Crippen LogP contribution in [0.4, 0.5) is 0 Å². The van der Waals surface area contributed by atoms with Crippen LogP contribution in [0.2, 0.25) is 0 Å². The maximum atomic E-state index is 8.15. The molecule has 0 saturated carbocycles. The molecule has 44 valence electrons. The lowest BCUT2D eigenvalue weighted by atomic mass is 10.1. The van der Waals surface area contributed by atoms with Crippen molar-refractivity contribution in [1.29, 1.82) is 5.26 Å². The van der Waals surface area contributed by atoms with Crippen molar-refractivity contribution in [1.82, 2.24) is 0 Å². The van der Waals surface area contributed by atoms with Gasteiger partial charge in [-0.3, -0.25) is 0 Å². The molecular formula is C7H11N. The Hall–Kier alpha value is -0.770. The van der Waals surface area contributed by atoms with Crippen LogP contribution in [0.15, 0.2) is 12.2 Å². The van der Waals surface area contributed by atoms with Gasteiger partial charge in [-0.25, -0.2) is 0 Å². The topological polar surface area (TPSA) is 23.8 Å². The SMILES string of the molecule is C=C(CC#N)CCC. The van der Waals surface area contributed by atoms with Crippen LogP contribution in [0.5, 0.6) is 0 Å². The Kier molecular flexibility index (Phi) is 3.97. The minimum atomic E-state index is 0.522. The highest BCUT2D eigenvalue weighted by molar-refractivity contribution is 5.01. The third kappa shape index (κ3) is 3.42. The van der Waals surface area contributed by atoms with Crippen molar-refractivity contribution in [2.45, 2.75) is 26.2 Å². The maximum absolute atomic E-state index is 8.15. The maximum Gasteiger partial charge on any atom is 0.0666 e. The lowest BCUT2D eigenvalue weighted by molar-refractivity contribution is 0.887. The first-order valence-electron chi connectivity index (χ1n) is 2.84. The van der Waals surface area contributed by atoms with Crippen LogP contribution < -0.4 is 0 Å². The van der Waals surface area contributed by atoms with Crippen LogP contribution in [-0.2, 0) is 0 Å². The molecule has 8 heavy (non-hydrogen) atoms. The average Bonchev–Trinajstić information content (AvgIpc) is 1.68. The van der Waals surface area contributed by atoms with E-state index in [4.69, 9.17) is 5.26 Å². The molecule has 0 saturated heterocycles. The van der Waals surface area contributed by atoms with Crippen molar-refractivity contribution in [3.63, 3.8) is 0 Å². The minimum Gasteiger partial charge on any atom is -0.198 e. The summed E-state index contributed by atoms with van der Waals surface area (Å²) < 4.78 is 0. The van der Waals surface area contributed by atoms with Crippen molar-refractivity contribution in [3.05, 3.63) is 12.2 Å². The van der Waals surface area contributed by atoms with Gasteiger partial charge in [-0.05, 0) is 6.42 Å². The zero-order chi connectivity index (χ0) is 6.41. The number of rotatable bonds is 3. The van der Waals surface area contributed by atoms with E-state index in [2.05, 4.69) is 19.6 Å². The number of nitriles is 1. The quantitative estimate of drug-likeness (QED) is 0.510.